The lowest BCUT2D eigenvalue weighted by Gasteiger charge is -2.09. The number of anilines is 1. The van der Waals surface area contributed by atoms with Gasteiger partial charge in [-0.05, 0) is 32.0 Å². The highest BCUT2D eigenvalue weighted by molar-refractivity contribution is 5.83. The average molecular weight is 434 g/mol. The van der Waals surface area contributed by atoms with Crippen LogP contribution in [0.1, 0.15) is 12.5 Å². The Morgan fingerprint density at radius 3 is 2.15 bits per heavy atom. The first kappa shape index (κ1) is 20.6. The third-order valence-corrected chi connectivity index (χ3v) is 5.33. The largest absolute Gasteiger partial charge is 0.422 e. The van der Waals surface area contributed by atoms with Crippen LogP contribution in [0.2, 0.25) is 0 Å². The van der Waals surface area contributed by atoms with E-state index < -0.39 is 5.63 Å². The van der Waals surface area contributed by atoms with E-state index in [0.717, 1.165) is 34.3 Å². The Labute approximate surface area is 191 Å². The molecule has 0 spiro atoms. The van der Waals surface area contributed by atoms with E-state index >= 15 is 0 Å². The highest BCUT2D eigenvalue weighted by Gasteiger charge is 2.16. The van der Waals surface area contributed by atoms with E-state index in [-0.39, 0.29) is 5.82 Å². The summed E-state index contributed by atoms with van der Waals surface area (Å²) in [5, 5.41) is 4.02. The predicted octanol–water partition coefficient (Wildman–Crippen LogP) is 5.72. The molecule has 0 unspecified atom stereocenters. The smallest absolute Gasteiger partial charge is 0.347 e. The first-order valence-electron chi connectivity index (χ1n) is 10.8. The molecule has 0 atom stereocenters. The summed E-state index contributed by atoms with van der Waals surface area (Å²) in [6.45, 7) is 4.82. The maximum absolute atomic E-state index is 13.0. The summed E-state index contributed by atoms with van der Waals surface area (Å²) < 4.78 is 5.65. The van der Waals surface area contributed by atoms with Crippen molar-refractivity contribution >= 4 is 16.7 Å². The average Bonchev–Trinajstić information content (AvgIpc) is 2.84. The summed E-state index contributed by atoms with van der Waals surface area (Å²) in [7, 11) is 0. The first-order valence-corrected chi connectivity index (χ1v) is 10.8. The Bertz CT molecular complexity index is 1490. The first-order chi connectivity index (χ1) is 16.1. The van der Waals surface area contributed by atoms with Gasteiger partial charge >= 0.3 is 5.63 Å². The lowest BCUT2D eigenvalue weighted by Crippen LogP contribution is -2.08. The minimum absolute atomic E-state index is 0.283. The van der Waals surface area contributed by atoms with E-state index in [4.69, 9.17) is 4.42 Å². The lowest BCUT2D eigenvalue weighted by molar-refractivity contribution is 0.563. The van der Waals surface area contributed by atoms with Gasteiger partial charge in [0, 0.05) is 34.8 Å². The molecular formula is C27H22N4O2. The van der Waals surface area contributed by atoms with E-state index in [1.807, 2.05) is 86.6 Å². The second-order valence-electron chi connectivity index (χ2n) is 7.77. The molecule has 0 fully saturated rings. The molecule has 2 heterocycles. The van der Waals surface area contributed by atoms with E-state index in [1.165, 1.54) is 0 Å². The molecule has 0 bridgehead atoms. The molecule has 0 aliphatic rings. The fourth-order valence-corrected chi connectivity index (χ4v) is 3.63. The number of benzene rings is 3. The Kier molecular flexibility index (Phi) is 5.40. The van der Waals surface area contributed by atoms with Gasteiger partial charge in [-0.2, -0.15) is 0 Å². The number of fused-ring (bicyclic) bond motifs is 1. The fourth-order valence-electron chi connectivity index (χ4n) is 3.63. The van der Waals surface area contributed by atoms with Crippen LogP contribution in [0.15, 0.2) is 88.1 Å². The number of aromatic nitrogens is 3. The molecule has 33 heavy (non-hydrogen) atoms. The number of hydrogen-bond donors (Lipinski definition) is 1. The zero-order valence-corrected chi connectivity index (χ0v) is 18.4. The van der Waals surface area contributed by atoms with Gasteiger partial charge in [-0.3, -0.25) is 0 Å². The molecule has 5 aromatic rings. The van der Waals surface area contributed by atoms with Crippen LogP contribution in [0.5, 0.6) is 0 Å². The van der Waals surface area contributed by atoms with Crippen LogP contribution in [-0.2, 0) is 0 Å². The number of nitrogens with one attached hydrogen (secondary N) is 1. The molecule has 5 rings (SSSR count). The zero-order chi connectivity index (χ0) is 22.8. The van der Waals surface area contributed by atoms with Crippen molar-refractivity contribution in [3.05, 3.63) is 94.8 Å². The Morgan fingerprint density at radius 2 is 1.45 bits per heavy atom. The maximum atomic E-state index is 13.0. The van der Waals surface area contributed by atoms with Crippen molar-refractivity contribution in [2.45, 2.75) is 13.8 Å². The van der Waals surface area contributed by atoms with Crippen molar-refractivity contribution < 1.29 is 4.42 Å². The zero-order valence-electron chi connectivity index (χ0n) is 18.4. The maximum Gasteiger partial charge on any atom is 0.347 e. The van der Waals surface area contributed by atoms with Gasteiger partial charge in [0.25, 0.3) is 0 Å². The van der Waals surface area contributed by atoms with Crippen molar-refractivity contribution in [3.8, 4) is 34.2 Å². The Balaban J connectivity index is 1.69. The number of rotatable bonds is 5. The molecule has 0 saturated heterocycles. The summed E-state index contributed by atoms with van der Waals surface area (Å²) in [6.07, 6.45) is 0. The van der Waals surface area contributed by atoms with Crippen LogP contribution < -0.4 is 10.9 Å². The van der Waals surface area contributed by atoms with Crippen molar-refractivity contribution in [2.75, 3.05) is 11.9 Å². The van der Waals surface area contributed by atoms with Gasteiger partial charge in [-0.25, -0.2) is 19.7 Å². The van der Waals surface area contributed by atoms with Crippen molar-refractivity contribution in [1.29, 1.82) is 0 Å². The van der Waals surface area contributed by atoms with E-state index in [2.05, 4.69) is 20.3 Å². The molecule has 6 heteroatoms. The number of nitrogens with zero attached hydrogens (tertiary/aromatic N) is 3. The summed E-state index contributed by atoms with van der Waals surface area (Å²) in [4.78, 5) is 26.9. The Hall–Kier alpha value is -4.32. The van der Waals surface area contributed by atoms with Crippen LogP contribution >= 0.6 is 0 Å². The van der Waals surface area contributed by atoms with Gasteiger partial charge in [0.1, 0.15) is 11.1 Å². The van der Waals surface area contributed by atoms with Gasteiger partial charge in [-0.15, -0.1) is 0 Å². The minimum atomic E-state index is -0.490. The van der Waals surface area contributed by atoms with Gasteiger partial charge in [0.2, 0.25) is 0 Å². The monoisotopic (exact) mass is 434 g/mol. The molecule has 0 radical (unpaired) electrons. The van der Waals surface area contributed by atoms with Gasteiger partial charge < -0.3 is 9.73 Å². The van der Waals surface area contributed by atoms with Crippen molar-refractivity contribution in [2.24, 2.45) is 0 Å². The summed E-state index contributed by atoms with van der Waals surface area (Å²) in [6, 6.07) is 25.1. The van der Waals surface area contributed by atoms with Gasteiger partial charge in [0.05, 0.1) is 0 Å². The van der Waals surface area contributed by atoms with Crippen LogP contribution in [0, 0.1) is 6.92 Å². The van der Waals surface area contributed by atoms with Crippen LogP contribution in [0.3, 0.4) is 0 Å². The molecule has 0 amide bonds. The normalized spacial score (nSPS) is 11.0. The Morgan fingerprint density at radius 1 is 0.788 bits per heavy atom. The summed E-state index contributed by atoms with van der Waals surface area (Å²) in [5.41, 5.74) is 4.05. The van der Waals surface area contributed by atoms with Crippen molar-refractivity contribution in [3.63, 3.8) is 0 Å². The standard InChI is InChI=1S/C27H22N4O2/c1-3-28-21-14-13-20-15-22(27(32)33-23(20)16-21)26-30-24(18-7-5-4-6-8-18)29-25(31-26)19-11-9-17(2)10-12-19/h4-16,28H,3H2,1-2H3. The summed E-state index contributed by atoms with van der Waals surface area (Å²) in [5.74, 6) is 1.28. The third-order valence-electron chi connectivity index (χ3n) is 5.33. The topological polar surface area (TPSA) is 80.9 Å². The van der Waals surface area contributed by atoms with Crippen molar-refractivity contribution in [1.82, 2.24) is 15.0 Å². The second-order valence-corrected chi connectivity index (χ2v) is 7.77. The van der Waals surface area contributed by atoms with E-state index in [1.54, 1.807) is 6.07 Å². The van der Waals surface area contributed by atoms with Gasteiger partial charge in [-0.1, -0.05) is 60.2 Å². The molecule has 6 nitrogen and oxygen atoms in total. The molecular weight excluding hydrogens is 412 g/mol. The van der Waals surface area contributed by atoms with Crippen LogP contribution in [0.25, 0.3) is 45.1 Å². The molecule has 0 saturated carbocycles. The molecule has 2 aromatic heterocycles. The lowest BCUT2D eigenvalue weighted by atomic mass is 10.1. The second kappa shape index (κ2) is 8.67. The van der Waals surface area contributed by atoms with Crippen LogP contribution in [0.4, 0.5) is 5.69 Å². The number of hydrogen-bond acceptors (Lipinski definition) is 6. The van der Waals surface area contributed by atoms with Crippen LogP contribution in [-0.4, -0.2) is 21.5 Å². The SMILES string of the molecule is CCNc1ccc2cc(-c3nc(-c4ccccc4)nc(-c4ccc(C)cc4)n3)c(=O)oc2c1. The number of aryl methyl sites for hydroxylation is 1. The predicted molar refractivity (Wildman–Crippen MR) is 131 cm³/mol. The minimum Gasteiger partial charge on any atom is -0.422 e. The molecule has 162 valence electrons. The van der Waals surface area contributed by atoms with E-state index in [0.29, 0.717) is 22.8 Å². The third kappa shape index (κ3) is 4.23. The van der Waals surface area contributed by atoms with Gasteiger partial charge in [0.15, 0.2) is 17.5 Å². The van der Waals surface area contributed by atoms with E-state index in [9.17, 15) is 4.79 Å². The molecule has 3 aromatic carbocycles. The molecule has 0 aliphatic carbocycles. The highest BCUT2D eigenvalue weighted by atomic mass is 16.4. The summed E-state index contributed by atoms with van der Waals surface area (Å²) >= 11 is 0. The highest BCUT2D eigenvalue weighted by Crippen LogP contribution is 2.26. The fraction of sp³-hybridized carbons (Fsp3) is 0.111. The molecule has 1 N–H and O–H groups in total. The quantitative estimate of drug-likeness (QED) is 0.356. The molecule has 0 aliphatic heterocycles.